The third kappa shape index (κ3) is 3.89. The maximum Gasteiger partial charge on any atom is 0.315 e. The molecule has 0 spiro atoms. The lowest BCUT2D eigenvalue weighted by Crippen LogP contribution is -2.52. The van der Waals surface area contributed by atoms with Gasteiger partial charge in [0.05, 0.1) is 12.0 Å². The second kappa shape index (κ2) is 5.85. The third-order valence-corrected chi connectivity index (χ3v) is 5.38. The number of nitrogens with one attached hydrogen (secondary N) is 2. The summed E-state index contributed by atoms with van der Waals surface area (Å²) in [5.41, 5.74) is -0.523. The fourth-order valence-corrected chi connectivity index (χ4v) is 3.95. The summed E-state index contributed by atoms with van der Waals surface area (Å²) in [7, 11) is 0. The standard InChI is InChI=1S/C16H26N2O3/c19-14(20)9-16(7-1-2-8-16)18-15(21)17-10-13(11-3-4-11)12-5-6-12/h11-13H,1-10H2,(H,19,20)(H2,17,18,21). The first-order chi connectivity index (χ1) is 10.1. The van der Waals surface area contributed by atoms with Gasteiger partial charge >= 0.3 is 12.0 Å². The van der Waals surface area contributed by atoms with Crippen molar-refractivity contribution >= 4 is 12.0 Å². The van der Waals surface area contributed by atoms with Crippen LogP contribution in [0.2, 0.25) is 0 Å². The molecular weight excluding hydrogens is 268 g/mol. The van der Waals surface area contributed by atoms with E-state index >= 15 is 0 Å². The first kappa shape index (κ1) is 14.7. The van der Waals surface area contributed by atoms with Crippen LogP contribution in [0.15, 0.2) is 0 Å². The van der Waals surface area contributed by atoms with E-state index in [0.29, 0.717) is 5.92 Å². The van der Waals surface area contributed by atoms with Gasteiger partial charge in [-0.1, -0.05) is 12.8 Å². The molecule has 0 aromatic rings. The maximum absolute atomic E-state index is 12.2. The van der Waals surface area contributed by atoms with Crippen LogP contribution in [0.5, 0.6) is 0 Å². The second-order valence-electron chi connectivity index (χ2n) is 7.23. The molecule has 3 N–H and O–H groups in total. The number of amides is 2. The summed E-state index contributed by atoms with van der Waals surface area (Å²) in [6.45, 7) is 0.754. The van der Waals surface area contributed by atoms with Crippen molar-refractivity contribution < 1.29 is 14.7 Å². The summed E-state index contributed by atoms with van der Waals surface area (Å²) in [4.78, 5) is 23.2. The molecular formula is C16H26N2O3. The minimum Gasteiger partial charge on any atom is -0.481 e. The maximum atomic E-state index is 12.2. The number of aliphatic carboxylic acids is 1. The Morgan fingerprint density at radius 2 is 1.67 bits per heavy atom. The minimum atomic E-state index is -0.828. The van der Waals surface area contributed by atoms with Crippen LogP contribution in [0.4, 0.5) is 4.79 Å². The van der Waals surface area contributed by atoms with Crippen LogP contribution in [0.3, 0.4) is 0 Å². The molecule has 5 heteroatoms. The number of carboxylic acids is 1. The van der Waals surface area contributed by atoms with E-state index in [1.807, 2.05) is 0 Å². The summed E-state index contributed by atoms with van der Waals surface area (Å²) in [5, 5.41) is 15.0. The molecule has 0 aromatic carbocycles. The zero-order valence-electron chi connectivity index (χ0n) is 12.6. The molecule has 0 heterocycles. The third-order valence-electron chi connectivity index (χ3n) is 5.38. The van der Waals surface area contributed by atoms with Gasteiger partial charge in [0, 0.05) is 6.54 Å². The Morgan fingerprint density at radius 1 is 1.10 bits per heavy atom. The Labute approximate surface area is 125 Å². The highest BCUT2D eigenvalue weighted by atomic mass is 16.4. The Balaban J connectivity index is 1.48. The lowest BCUT2D eigenvalue weighted by Gasteiger charge is -2.29. The van der Waals surface area contributed by atoms with E-state index in [-0.39, 0.29) is 12.5 Å². The average Bonchev–Trinajstić information content (AvgIpc) is 3.31. The zero-order chi connectivity index (χ0) is 14.9. The molecule has 3 fully saturated rings. The molecule has 0 radical (unpaired) electrons. The average molecular weight is 294 g/mol. The fraction of sp³-hybridized carbons (Fsp3) is 0.875. The largest absolute Gasteiger partial charge is 0.481 e. The van der Waals surface area contributed by atoms with Gasteiger partial charge in [-0.05, 0) is 56.3 Å². The number of carbonyl (C=O) groups is 2. The molecule has 0 bridgehead atoms. The number of urea groups is 1. The van der Waals surface area contributed by atoms with E-state index in [4.69, 9.17) is 5.11 Å². The second-order valence-corrected chi connectivity index (χ2v) is 7.23. The Bertz CT molecular complexity index is 398. The summed E-state index contributed by atoms with van der Waals surface area (Å²) >= 11 is 0. The van der Waals surface area contributed by atoms with Gasteiger partial charge in [0.1, 0.15) is 0 Å². The van der Waals surface area contributed by atoms with Gasteiger partial charge in [-0.15, -0.1) is 0 Å². The molecule has 5 nitrogen and oxygen atoms in total. The molecule has 118 valence electrons. The van der Waals surface area contributed by atoms with Crippen LogP contribution < -0.4 is 10.6 Å². The van der Waals surface area contributed by atoms with Crippen LogP contribution in [0, 0.1) is 17.8 Å². The zero-order valence-corrected chi connectivity index (χ0v) is 12.6. The number of hydrogen-bond acceptors (Lipinski definition) is 2. The van der Waals surface area contributed by atoms with Gasteiger partial charge < -0.3 is 15.7 Å². The Hall–Kier alpha value is -1.26. The molecule has 3 rings (SSSR count). The summed E-state index contributed by atoms with van der Waals surface area (Å²) in [6.07, 6.45) is 8.85. The molecule has 2 amide bonds. The van der Waals surface area contributed by atoms with Crippen LogP contribution in [-0.2, 0) is 4.79 Å². The highest BCUT2D eigenvalue weighted by molar-refractivity contribution is 5.76. The van der Waals surface area contributed by atoms with Gasteiger partial charge in [0.15, 0.2) is 0 Å². The molecule has 21 heavy (non-hydrogen) atoms. The van der Waals surface area contributed by atoms with E-state index in [1.165, 1.54) is 25.7 Å². The highest BCUT2D eigenvalue weighted by Gasteiger charge is 2.42. The van der Waals surface area contributed by atoms with E-state index in [1.54, 1.807) is 0 Å². The lowest BCUT2D eigenvalue weighted by molar-refractivity contribution is -0.138. The molecule has 0 saturated heterocycles. The molecule has 0 atom stereocenters. The normalized spacial score (nSPS) is 24.0. The van der Waals surface area contributed by atoms with Crippen LogP contribution in [0.1, 0.15) is 57.8 Å². The lowest BCUT2D eigenvalue weighted by atomic mass is 9.93. The number of rotatable bonds is 7. The molecule has 0 aliphatic heterocycles. The van der Waals surface area contributed by atoms with Crippen molar-refractivity contribution in [1.29, 1.82) is 0 Å². The number of carbonyl (C=O) groups excluding carboxylic acids is 1. The first-order valence-corrected chi connectivity index (χ1v) is 8.36. The van der Waals surface area contributed by atoms with Crippen LogP contribution >= 0.6 is 0 Å². The van der Waals surface area contributed by atoms with E-state index in [2.05, 4.69) is 10.6 Å². The fourth-order valence-electron chi connectivity index (χ4n) is 3.95. The van der Waals surface area contributed by atoms with Crippen molar-refractivity contribution in [1.82, 2.24) is 10.6 Å². The van der Waals surface area contributed by atoms with Gasteiger partial charge in [0.2, 0.25) is 0 Å². The molecule has 3 aliphatic carbocycles. The smallest absolute Gasteiger partial charge is 0.315 e. The molecule has 3 aliphatic rings. The minimum absolute atomic E-state index is 0.0368. The molecule has 0 aromatic heterocycles. The number of hydrogen-bond donors (Lipinski definition) is 3. The van der Waals surface area contributed by atoms with Gasteiger partial charge in [-0.3, -0.25) is 4.79 Å². The quantitative estimate of drug-likeness (QED) is 0.675. The topological polar surface area (TPSA) is 78.4 Å². The van der Waals surface area contributed by atoms with E-state index < -0.39 is 11.5 Å². The molecule has 0 unspecified atom stereocenters. The van der Waals surface area contributed by atoms with Crippen molar-refractivity contribution in [2.75, 3.05) is 6.54 Å². The highest BCUT2D eigenvalue weighted by Crippen LogP contribution is 2.48. The molecule has 3 saturated carbocycles. The van der Waals surface area contributed by atoms with Crippen molar-refractivity contribution in [3.8, 4) is 0 Å². The Morgan fingerprint density at radius 3 is 2.14 bits per heavy atom. The number of carboxylic acid groups (broad SMARTS) is 1. The van der Waals surface area contributed by atoms with Crippen LogP contribution in [-0.4, -0.2) is 29.2 Å². The van der Waals surface area contributed by atoms with Gasteiger partial charge in [-0.2, -0.15) is 0 Å². The monoisotopic (exact) mass is 294 g/mol. The summed E-state index contributed by atoms with van der Waals surface area (Å²) < 4.78 is 0. The first-order valence-electron chi connectivity index (χ1n) is 8.36. The SMILES string of the molecule is O=C(O)CC1(NC(=O)NCC(C2CC2)C2CC2)CCCC1. The Kier molecular flexibility index (Phi) is 4.09. The van der Waals surface area contributed by atoms with Crippen molar-refractivity contribution in [3.63, 3.8) is 0 Å². The predicted molar refractivity (Wildman–Crippen MR) is 78.9 cm³/mol. The van der Waals surface area contributed by atoms with Crippen molar-refractivity contribution in [2.24, 2.45) is 17.8 Å². The van der Waals surface area contributed by atoms with Gasteiger partial charge in [-0.25, -0.2) is 4.79 Å². The summed E-state index contributed by atoms with van der Waals surface area (Å²) in [6, 6.07) is -0.176. The predicted octanol–water partition coefficient (Wildman–Crippen LogP) is 2.51. The van der Waals surface area contributed by atoms with Gasteiger partial charge in [0.25, 0.3) is 0 Å². The van der Waals surface area contributed by atoms with Crippen molar-refractivity contribution in [3.05, 3.63) is 0 Å². The van der Waals surface area contributed by atoms with Crippen molar-refractivity contribution in [2.45, 2.75) is 63.3 Å². The van der Waals surface area contributed by atoms with Crippen LogP contribution in [0.25, 0.3) is 0 Å². The van der Waals surface area contributed by atoms with E-state index in [9.17, 15) is 9.59 Å². The summed E-state index contributed by atoms with van der Waals surface area (Å²) in [5.74, 6) is 1.45. The van der Waals surface area contributed by atoms with E-state index in [0.717, 1.165) is 44.1 Å².